The summed E-state index contributed by atoms with van der Waals surface area (Å²) in [5.41, 5.74) is -2.53. The van der Waals surface area contributed by atoms with Crippen molar-refractivity contribution in [2.24, 2.45) is 0 Å². The molecule has 49 heavy (non-hydrogen) atoms. The van der Waals surface area contributed by atoms with Crippen LogP contribution in [0.25, 0.3) is 0 Å². The van der Waals surface area contributed by atoms with Crippen LogP contribution in [0.1, 0.15) is 30.0 Å². The number of benzene rings is 1. The molecule has 0 amide bonds. The topological polar surface area (TPSA) is 3.24 Å². The van der Waals surface area contributed by atoms with Crippen LogP contribution in [-0.4, -0.2) is 83.9 Å². The van der Waals surface area contributed by atoms with E-state index in [4.69, 9.17) is 0 Å². The van der Waals surface area contributed by atoms with Crippen LogP contribution in [0.4, 0.5) is 110 Å². The SMILES string of the molecule is CN1CCCC1c1ccc(C(F)(F)C(F)(F)C(F)(F)C(F)(F)C(F)(F)C(F)(F)C(F)(F)C(F)(F)C(F)(F)C(F)(F)C(F)(F)C(F)(F)F)cc1. The summed E-state index contributed by atoms with van der Waals surface area (Å²) in [5, 5.41) is 0. The smallest absolute Gasteiger partial charge is 0.299 e. The van der Waals surface area contributed by atoms with E-state index in [2.05, 4.69) is 0 Å². The zero-order valence-corrected chi connectivity index (χ0v) is 22.9. The molecule has 0 aromatic heterocycles. The van der Waals surface area contributed by atoms with E-state index in [1.54, 1.807) is 0 Å². The van der Waals surface area contributed by atoms with Crippen LogP contribution in [-0.2, 0) is 5.92 Å². The molecule has 1 aliphatic heterocycles. The van der Waals surface area contributed by atoms with Gasteiger partial charge in [0.2, 0.25) is 0 Å². The van der Waals surface area contributed by atoms with Crippen molar-refractivity contribution < 1.29 is 110 Å². The molecule has 1 aromatic rings. The molecule has 1 nitrogen and oxygen atoms in total. The third-order valence-electron chi connectivity index (χ3n) is 7.48. The quantitative estimate of drug-likeness (QED) is 0.191. The molecule has 1 atom stereocenters. The molecular formula is C23H14F25N. The van der Waals surface area contributed by atoms with E-state index in [1.807, 2.05) is 0 Å². The molecule has 1 saturated heterocycles. The zero-order valence-electron chi connectivity index (χ0n) is 22.9. The number of hydrogen-bond donors (Lipinski definition) is 0. The van der Waals surface area contributed by atoms with Crippen molar-refractivity contribution in [2.45, 2.75) is 90.2 Å². The predicted octanol–water partition coefficient (Wildman–Crippen LogP) is 10.5. The first-order valence-electron chi connectivity index (χ1n) is 12.3. The Morgan fingerprint density at radius 3 is 0.980 bits per heavy atom. The lowest BCUT2D eigenvalue weighted by Gasteiger charge is -2.45. The highest BCUT2D eigenvalue weighted by molar-refractivity contribution is 5.31. The van der Waals surface area contributed by atoms with Crippen molar-refractivity contribution in [1.29, 1.82) is 0 Å². The van der Waals surface area contributed by atoms with Crippen molar-refractivity contribution in [1.82, 2.24) is 4.90 Å². The van der Waals surface area contributed by atoms with Gasteiger partial charge in [0.25, 0.3) is 0 Å². The number of alkyl halides is 25. The third-order valence-corrected chi connectivity index (χ3v) is 7.48. The van der Waals surface area contributed by atoms with Crippen molar-refractivity contribution in [3.8, 4) is 0 Å². The number of hydrogen-bond acceptors (Lipinski definition) is 1. The average Bonchev–Trinajstić information content (AvgIpc) is 3.36. The second-order valence-electron chi connectivity index (χ2n) is 10.6. The zero-order chi connectivity index (χ0) is 39.3. The molecule has 26 heteroatoms. The first-order valence-corrected chi connectivity index (χ1v) is 12.3. The van der Waals surface area contributed by atoms with Gasteiger partial charge in [-0.3, -0.25) is 4.90 Å². The molecule has 0 spiro atoms. The van der Waals surface area contributed by atoms with Crippen LogP contribution in [0.2, 0.25) is 0 Å². The minimum absolute atomic E-state index is 0.0373. The summed E-state index contributed by atoms with van der Waals surface area (Å²) in [6, 6.07) is -0.104. The van der Waals surface area contributed by atoms with E-state index in [9.17, 15) is 110 Å². The summed E-state index contributed by atoms with van der Waals surface area (Å²) in [6.45, 7) is 0.367. The molecule has 1 fully saturated rings. The Kier molecular flexibility index (Phi) is 9.97. The van der Waals surface area contributed by atoms with Gasteiger partial charge in [0.1, 0.15) is 0 Å². The van der Waals surface area contributed by atoms with E-state index >= 15 is 0 Å². The molecule has 1 heterocycles. The fraction of sp³-hybridized carbons (Fsp3) is 0.739. The fourth-order valence-corrected chi connectivity index (χ4v) is 4.38. The molecule has 286 valence electrons. The lowest BCUT2D eigenvalue weighted by molar-refractivity contribution is -0.482. The second kappa shape index (κ2) is 11.5. The minimum atomic E-state index is -9.60. The summed E-state index contributed by atoms with van der Waals surface area (Å²) in [5.74, 6) is -98.5. The molecule has 2 rings (SSSR count). The van der Waals surface area contributed by atoms with Gasteiger partial charge < -0.3 is 0 Å². The molecule has 1 aromatic carbocycles. The standard InChI is InChI=1S/C23H14F25N/c1-49-8-2-3-11(49)9-4-6-10(7-5-9)12(24,25)13(26,27)14(28,29)15(30,31)16(32,33)17(34,35)18(36,37)19(38,39)20(40,41)21(42,43)22(44,45)23(46,47)48/h4-7,11H,2-3,8H2,1H3. The fourth-order valence-electron chi connectivity index (χ4n) is 4.38. The number of likely N-dealkylation sites (tertiary alicyclic amines) is 1. The minimum Gasteiger partial charge on any atom is -0.299 e. The summed E-state index contributed by atoms with van der Waals surface area (Å²) < 4.78 is 341. The van der Waals surface area contributed by atoms with Crippen LogP contribution in [0.5, 0.6) is 0 Å². The molecule has 0 N–H and O–H groups in total. The summed E-state index contributed by atoms with van der Waals surface area (Å²) in [4.78, 5) is 1.52. The third kappa shape index (κ3) is 5.36. The maximum atomic E-state index is 14.5. The lowest BCUT2D eigenvalue weighted by atomic mass is 9.84. The molecule has 0 bridgehead atoms. The van der Waals surface area contributed by atoms with Crippen molar-refractivity contribution in [3.05, 3.63) is 35.4 Å². The molecule has 1 aliphatic rings. The Morgan fingerprint density at radius 2 is 0.714 bits per heavy atom. The average molecular weight is 779 g/mol. The van der Waals surface area contributed by atoms with Gasteiger partial charge in [-0.2, -0.15) is 110 Å². The summed E-state index contributed by atoms with van der Waals surface area (Å²) in [7, 11) is 1.44. The second-order valence-corrected chi connectivity index (χ2v) is 10.6. The molecule has 1 unspecified atom stereocenters. The predicted molar refractivity (Wildman–Crippen MR) is 110 cm³/mol. The monoisotopic (exact) mass is 779 g/mol. The first-order chi connectivity index (χ1) is 21.2. The maximum absolute atomic E-state index is 14.5. The molecule has 0 saturated carbocycles. The first kappa shape index (κ1) is 42.6. The summed E-state index contributed by atoms with van der Waals surface area (Å²) in [6.07, 6.45) is -7.44. The Hall–Kier alpha value is -2.57. The van der Waals surface area contributed by atoms with Gasteiger partial charge >= 0.3 is 71.3 Å². The van der Waals surface area contributed by atoms with Gasteiger partial charge in [0.05, 0.1) is 0 Å². The lowest BCUT2D eigenvalue weighted by Crippen LogP contribution is -2.78. The highest BCUT2D eigenvalue weighted by Crippen LogP contribution is 2.68. The van der Waals surface area contributed by atoms with Gasteiger partial charge in [-0.25, -0.2) is 0 Å². The van der Waals surface area contributed by atoms with Gasteiger partial charge in [0, 0.05) is 11.6 Å². The van der Waals surface area contributed by atoms with E-state index < -0.39 is 82.9 Å². The van der Waals surface area contributed by atoms with Gasteiger partial charge in [-0.15, -0.1) is 0 Å². The van der Waals surface area contributed by atoms with Crippen molar-refractivity contribution in [2.75, 3.05) is 13.6 Å². The molecule has 0 radical (unpaired) electrons. The van der Waals surface area contributed by atoms with Crippen molar-refractivity contribution in [3.63, 3.8) is 0 Å². The largest absolute Gasteiger partial charge is 0.460 e. The normalized spacial score (nSPS) is 19.5. The van der Waals surface area contributed by atoms with E-state index in [0.29, 0.717) is 25.1 Å². The van der Waals surface area contributed by atoms with Gasteiger partial charge in [-0.05, 0) is 32.0 Å². The summed E-state index contributed by atoms with van der Waals surface area (Å²) >= 11 is 0. The van der Waals surface area contributed by atoms with E-state index in [-0.39, 0.29) is 24.1 Å². The Labute approximate surface area is 255 Å². The van der Waals surface area contributed by atoms with Gasteiger partial charge in [0.15, 0.2) is 0 Å². The number of halogens is 25. The van der Waals surface area contributed by atoms with E-state index in [0.717, 1.165) is 0 Å². The Balaban J connectivity index is 2.67. The highest BCUT2D eigenvalue weighted by Gasteiger charge is 2.99. The van der Waals surface area contributed by atoms with Gasteiger partial charge in [-0.1, -0.05) is 24.3 Å². The number of nitrogens with zero attached hydrogens (tertiary/aromatic N) is 1. The van der Waals surface area contributed by atoms with Crippen LogP contribution in [0.15, 0.2) is 24.3 Å². The van der Waals surface area contributed by atoms with Crippen LogP contribution in [0, 0.1) is 0 Å². The van der Waals surface area contributed by atoms with Crippen LogP contribution in [0.3, 0.4) is 0 Å². The molecular weight excluding hydrogens is 765 g/mol. The maximum Gasteiger partial charge on any atom is 0.460 e. The van der Waals surface area contributed by atoms with Crippen molar-refractivity contribution >= 4 is 0 Å². The van der Waals surface area contributed by atoms with Crippen LogP contribution < -0.4 is 0 Å². The van der Waals surface area contributed by atoms with Crippen LogP contribution >= 0.6 is 0 Å². The Morgan fingerprint density at radius 1 is 0.429 bits per heavy atom. The number of rotatable bonds is 12. The van der Waals surface area contributed by atoms with E-state index in [1.165, 1.54) is 11.9 Å². The molecule has 0 aliphatic carbocycles. The Bertz CT molecular complexity index is 1340. The highest BCUT2D eigenvalue weighted by atomic mass is 19.4.